The molecule has 246 valence electrons. The Morgan fingerprint density at radius 1 is 0.812 bits per heavy atom. The standard InChI is InChI=1S/C40H40N2O6/c1-28-26-42(39(45)41-37(28)43)34-24-23-30(35(25-34)48-38(44)36(46-2)29-15-7-3-8-16-29)27-47-40(31-17-9-4-10-18-31,32-19-11-5-12-20-32)33-21-13-6-14-22-33/h3-22,26,30,34-36H,23-25,27H2,1-2H3,(H,41,43,45)/t30-,34-,35+,36-/m0/s1. The molecule has 1 saturated carbocycles. The first-order valence-electron chi connectivity index (χ1n) is 16.3. The van der Waals surface area contributed by atoms with Gasteiger partial charge in [-0.3, -0.25) is 14.3 Å². The summed E-state index contributed by atoms with van der Waals surface area (Å²) in [5, 5.41) is 0. The van der Waals surface area contributed by atoms with Crippen LogP contribution in [0, 0.1) is 12.8 Å². The van der Waals surface area contributed by atoms with Crippen LogP contribution in [0.25, 0.3) is 0 Å². The molecule has 0 bridgehead atoms. The average molecular weight is 645 g/mol. The van der Waals surface area contributed by atoms with Gasteiger partial charge in [-0.25, -0.2) is 9.59 Å². The molecule has 1 aliphatic carbocycles. The highest BCUT2D eigenvalue weighted by molar-refractivity contribution is 5.76. The van der Waals surface area contributed by atoms with Crippen molar-refractivity contribution in [2.24, 2.45) is 5.92 Å². The number of nitrogens with one attached hydrogen (secondary N) is 1. The molecular formula is C40H40N2O6. The summed E-state index contributed by atoms with van der Waals surface area (Å²) in [4.78, 5) is 41.2. The summed E-state index contributed by atoms with van der Waals surface area (Å²) in [6, 6.07) is 39.4. The Morgan fingerprint density at radius 3 is 1.85 bits per heavy atom. The van der Waals surface area contributed by atoms with E-state index in [4.69, 9.17) is 14.2 Å². The minimum absolute atomic E-state index is 0.200. The van der Waals surface area contributed by atoms with Crippen molar-refractivity contribution >= 4 is 5.97 Å². The van der Waals surface area contributed by atoms with E-state index >= 15 is 0 Å². The van der Waals surface area contributed by atoms with E-state index in [0.717, 1.165) is 16.7 Å². The number of aryl methyl sites for hydroxylation is 1. The number of aromatic nitrogens is 2. The van der Waals surface area contributed by atoms with E-state index in [0.29, 0.717) is 30.4 Å². The molecule has 1 heterocycles. The zero-order chi connectivity index (χ0) is 33.5. The number of hydrogen-bond donors (Lipinski definition) is 1. The number of rotatable bonds is 11. The number of nitrogens with zero attached hydrogens (tertiary/aromatic N) is 1. The van der Waals surface area contributed by atoms with Gasteiger partial charge in [-0.15, -0.1) is 0 Å². The van der Waals surface area contributed by atoms with Gasteiger partial charge in [0.25, 0.3) is 5.56 Å². The first kappa shape index (κ1) is 32.9. The summed E-state index contributed by atoms with van der Waals surface area (Å²) in [5.74, 6) is -0.710. The number of methoxy groups -OCH3 is 1. The molecule has 1 aromatic heterocycles. The van der Waals surface area contributed by atoms with Crippen LogP contribution in [0.15, 0.2) is 137 Å². The minimum atomic E-state index is -0.943. The molecule has 8 heteroatoms. The van der Waals surface area contributed by atoms with Crippen LogP contribution in [0.2, 0.25) is 0 Å². The summed E-state index contributed by atoms with van der Waals surface area (Å²) in [6.45, 7) is 1.94. The van der Waals surface area contributed by atoms with Crippen LogP contribution in [0.3, 0.4) is 0 Å². The van der Waals surface area contributed by atoms with Gasteiger partial charge in [-0.2, -0.15) is 0 Å². The Morgan fingerprint density at radius 2 is 1.33 bits per heavy atom. The van der Waals surface area contributed by atoms with Gasteiger partial charge < -0.3 is 14.2 Å². The number of carbonyl (C=O) groups excluding carboxylic acids is 1. The van der Waals surface area contributed by atoms with Gasteiger partial charge in [0.1, 0.15) is 11.7 Å². The van der Waals surface area contributed by atoms with Crippen LogP contribution in [-0.2, 0) is 24.6 Å². The first-order valence-corrected chi connectivity index (χ1v) is 16.3. The van der Waals surface area contributed by atoms with Crippen molar-refractivity contribution < 1.29 is 19.0 Å². The van der Waals surface area contributed by atoms with Gasteiger partial charge in [0, 0.05) is 37.3 Å². The Labute approximate surface area is 280 Å². The summed E-state index contributed by atoms with van der Waals surface area (Å²) >= 11 is 0. The van der Waals surface area contributed by atoms with Crippen molar-refractivity contribution in [3.63, 3.8) is 0 Å². The topological polar surface area (TPSA) is 99.6 Å². The number of aromatic amines is 1. The second-order valence-corrected chi connectivity index (χ2v) is 12.3. The fourth-order valence-corrected chi connectivity index (χ4v) is 6.82. The second-order valence-electron chi connectivity index (χ2n) is 12.3. The predicted octanol–water partition coefficient (Wildman–Crippen LogP) is 6.49. The largest absolute Gasteiger partial charge is 0.460 e. The fourth-order valence-electron chi connectivity index (χ4n) is 6.82. The number of esters is 1. The number of carbonyl (C=O) groups is 1. The van der Waals surface area contributed by atoms with Crippen molar-refractivity contribution in [3.05, 3.63) is 176 Å². The summed E-state index contributed by atoms with van der Waals surface area (Å²) in [5.41, 5.74) is 2.22. The Balaban J connectivity index is 1.36. The maximum atomic E-state index is 13.8. The van der Waals surface area contributed by atoms with E-state index in [1.807, 2.05) is 84.9 Å². The molecule has 0 radical (unpaired) electrons. The van der Waals surface area contributed by atoms with E-state index < -0.39 is 35.0 Å². The Hall–Kier alpha value is -5.05. The molecule has 1 aliphatic rings. The van der Waals surface area contributed by atoms with Crippen molar-refractivity contribution in [2.75, 3.05) is 13.7 Å². The maximum Gasteiger partial charge on any atom is 0.340 e. The third-order valence-corrected chi connectivity index (χ3v) is 9.31. The highest BCUT2D eigenvalue weighted by Crippen LogP contribution is 2.43. The average Bonchev–Trinajstić information content (AvgIpc) is 3.13. The predicted molar refractivity (Wildman–Crippen MR) is 184 cm³/mol. The lowest BCUT2D eigenvalue weighted by atomic mass is 9.79. The highest BCUT2D eigenvalue weighted by Gasteiger charge is 2.42. The van der Waals surface area contributed by atoms with E-state index in [-0.39, 0.29) is 18.6 Å². The fraction of sp³-hybridized carbons (Fsp3) is 0.275. The van der Waals surface area contributed by atoms with Crippen molar-refractivity contribution in [3.8, 4) is 0 Å². The minimum Gasteiger partial charge on any atom is -0.460 e. The first-order chi connectivity index (χ1) is 23.4. The number of benzene rings is 4. The van der Waals surface area contributed by atoms with Crippen LogP contribution in [0.1, 0.15) is 59.2 Å². The molecule has 0 aliphatic heterocycles. The molecule has 4 aromatic carbocycles. The molecule has 0 spiro atoms. The molecule has 5 aromatic rings. The molecule has 4 atom stereocenters. The third-order valence-electron chi connectivity index (χ3n) is 9.31. The molecule has 0 saturated heterocycles. The Bertz CT molecular complexity index is 1810. The molecule has 0 amide bonds. The SMILES string of the molecule is CO[C@H](C(=O)O[C@@H]1C[C@@H](n2cc(C)c(=O)[nH]c2=O)CC[C@H]1COC(c1ccccc1)(c1ccccc1)c1ccccc1)c1ccccc1. The molecule has 6 rings (SSSR count). The highest BCUT2D eigenvalue weighted by atomic mass is 16.6. The number of ether oxygens (including phenoxy) is 3. The van der Waals surface area contributed by atoms with Gasteiger partial charge in [0.05, 0.1) is 6.61 Å². The van der Waals surface area contributed by atoms with Gasteiger partial charge in [0.15, 0.2) is 6.10 Å². The van der Waals surface area contributed by atoms with Crippen LogP contribution in [0.4, 0.5) is 0 Å². The van der Waals surface area contributed by atoms with Crippen molar-refractivity contribution in [2.45, 2.75) is 50.0 Å². The quantitative estimate of drug-likeness (QED) is 0.130. The van der Waals surface area contributed by atoms with E-state index in [2.05, 4.69) is 41.4 Å². The maximum absolute atomic E-state index is 13.8. The van der Waals surface area contributed by atoms with Gasteiger partial charge >= 0.3 is 11.7 Å². The Kier molecular flexibility index (Phi) is 10.1. The zero-order valence-corrected chi connectivity index (χ0v) is 27.2. The van der Waals surface area contributed by atoms with E-state index in [1.165, 1.54) is 7.11 Å². The number of hydrogen-bond acceptors (Lipinski definition) is 6. The smallest absolute Gasteiger partial charge is 0.340 e. The normalized spacial score (nSPS) is 18.6. The van der Waals surface area contributed by atoms with Crippen molar-refractivity contribution in [1.29, 1.82) is 0 Å². The third kappa shape index (κ3) is 6.81. The van der Waals surface area contributed by atoms with Crippen LogP contribution in [0.5, 0.6) is 0 Å². The summed E-state index contributed by atoms with van der Waals surface area (Å²) in [6.07, 6.45) is 1.69. The van der Waals surface area contributed by atoms with Gasteiger partial charge in [-0.05, 0) is 42.0 Å². The summed E-state index contributed by atoms with van der Waals surface area (Å²) < 4.78 is 20.7. The van der Waals surface area contributed by atoms with Gasteiger partial charge in [0.2, 0.25) is 0 Å². The van der Waals surface area contributed by atoms with Crippen LogP contribution >= 0.6 is 0 Å². The van der Waals surface area contributed by atoms with Crippen LogP contribution in [-0.4, -0.2) is 35.3 Å². The second kappa shape index (κ2) is 14.8. The van der Waals surface area contributed by atoms with Crippen LogP contribution < -0.4 is 11.2 Å². The van der Waals surface area contributed by atoms with Crippen molar-refractivity contribution in [1.82, 2.24) is 9.55 Å². The molecule has 1 N–H and O–H groups in total. The number of H-pyrrole nitrogens is 1. The molecule has 1 fully saturated rings. The molecule has 0 unspecified atom stereocenters. The lowest BCUT2D eigenvalue weighted by Gasteiger charge is -2.41. The van der Waals surface area contributed by atoms with Gasteiger partial charge in [-0.1, -0.05) is 121 Å². The zero-order valence-electron chi connectivity index (χ0n) is 27.2. The lowest BCUT2D eigenvalue weighted by molar-refractivity contribution is -0.169. The lowest BCUT2D eigenvalue weighted by Crippen LogP contribution is -2.43. The van der Waals surface area contributed by atoms with E-state index in [9.17, 15) is 14.4 Å². The monoisotopic (exact) mass is 644 g/mol. The summed E-state index contributed by atoms with van der Waals surface area (Å²) in [7, 11) is 1.49. The molecule has 48 heavy (non-hydrogen) atoms. The van der Waals surface area contributed by atoms with E-state index in [1.54, 1.807) is 17.7 Å². The molecular weight excluding hydrogens is 604 g/mol. The molecule has 8 nitrogen and oxygen atoms in total.